The summed E-state index contributed by atoms with van der Waals surface area (Å²) in [6.45, 7) is 1.62. The Bertz CT molecular complexity index is 282. The minimum absolute atomic E-state index is 0.196. The van der Waals surface area contributed by atoms with E-state index in [1.165, 1.54) is 17.1 Å². The summed E-state index contributed by atoms with van der Waals surface area (Å²) in [5.74, 6) is 5.14. The van der Waals surface area contributed by atoms with Crippen molar-refractivity contribution in [1.29, 1.82) is 0 Å². The molecule has 4 heteroatoms. The van der Waals surface area contributed by atoms with Gasteiger partial charge in [-0.1, -0.05) is 5.57 Å². The van der Waals surface area contributed by atoms with E-state index in [1.807, 2.05) is 23.5 Å². The van der Waals surface area contributed by atoms with Crippen LogP contribution in [0, 0.1) is 0 Å². The third-order valence-corrected chi connectivity index (χ3v) is 4.56. The largest absolute Gasteiger partial charge is 0.300 e. The lowest BCUT2D eigenvalue weighted by molar-refractivity contribution is -0.118. The topological polar surface area (TPSA) is 34.1 Å². The Kier molecular flexibility index (Phi) is 7.69. The average Bonchev–Trinajstić information content (AvgIpc) is 2.31. The van der Waals surface area contributed by atoms with Crippen LogP contribution >= 0.6 is 23.5 Å². The summed E-state index contributed by atoms with van der Waals surface area (Å²) >= 11 is 3.85. The second-order valence-corrected chi connectivity index (χ2v) is 6.63. The van der Waals surface area contributed by atoms with Crippen molar-refractivity contribution in [3.8, 4) is 0 Å². The number of ketones is 2. The second-order valence-electron chi connectivity index (χ2n) is 4.18. The molecule has 0 bridgehead atoms. The summed E-state index contributed by atoms with van der Waals surface area (Å²) in [6, 6.07) is 0. The van der Waals surface area contributed by atoms with E-state index in [1.54, 1.807) is 13.0 Å². The molecule has 96 valence electrons. The van der Waals surface area contributed by atoms with Gasteiger partial charge in [0, 0.05) is 24.3 Å². The molecular formula is C13H20O2S2. The van der Waals surface area contributed by atoms with Crippen LogP contribution in [0.5, 0.6) is 0 Å². The Hall–Kier alpha value is -0.220. The Balaban J connectivity index is 0.000000181. The van der Waals surface area contributed by atoms with Crippen molar-refractivity contribution in [3.63, 3.8) is 0 Å². The van der Waals surface area contributed by atoms with Crippen LogP contribution < -0.4 is 0 Å². The number of allylic oxidation sites excluding steroid dienone is 2. The summed E-state index contributed by atoms with van der Waals surface area (Å²) in [5.41, 5.74) is 1.34. The quantitative estimate of drug-likeness (QED) is 0.687. The van der Waals surface area contributed by atoms with E-state index in [0.717, 1.165) is 37.2 Å². The van der Waals surface area contributed by atoms with Crippen molar-refractivity contribution in [2.75, 3.05) is 23.0 Å². The first kappa shape index (κ1) is 14.8. The summed E-state index contributed by atoms with van der Waals surface area (Å²) in [6.07, 6.45) is 5.64. The average molecular weight is 272 g/mol. The minimum Gasteiger partial charge on any atom is -0.300 e. The number of thioether (sulfide) groups is 2. The number of carbonyl (C=O) groups is 2. The van der Waals surface area contributed by atoms with Crippen LogP contribution in [0.2, 0.25) is 0 Å². The molecule has 17 heavy (non-hydrogen) atoms. The first-order valence-corrected chi connectivity index (χ1v) is 8.36. The maximum atomic E-state index is 10.6. The summed E-state index contributed by atoms with van der Waals surface area (Å²) < 4.78 is 0. The minimum atomic E-state index is 0.196. The fourth-order valence-electron chi connectivity index (χ4n) is 1.66. The molecule has 0 aliphatic carbocycles. The highest BCUT2D eigenvalue weighted by atomic mass is 32.2. The fourth-order valence-corrected chi connectivity index (χ4v) is 3.63. The SMILES string of the molecule is CC(=O)C=C1CCSCC1.O=C1CCSCC1. The molecule has 0 saturated carbocycles. The zero-order chi connectivity index (χ0) is 12.5. The summed E-state index contributed by atoms with van der Waals surface area (Å²) in [4.78, 5) is 21.1. The zero-order valence-electron chi connectivity index (χ0n) is 10.4. The number of hydrogen-bond acceptors (Lipinski definition) is 4. The Morgan fingerprint density at radius 2 is 1.47 bits per heavy atom. The Morgan fingerprint density at radius 1 is 1.00 bits per heavy atom. The number of hydrogen-bond donors (Lipinski definition) is 0. The van der Waals surface area contributed by atoms with Gasteiger partial charge < -0.3 is 0 Å². The van der Waals surface area contributed by atoms with Gasteiger partial charge >= 0.3 is 0 Å². The van der Waals surface area contributed by atoms with E-state index in [0.29, 0.717) is 5.78 Å². The van der Waals surface area contributed by atoms with Crippen molar-refractivity contribution in [1.82, 2.24) is 0 Å². The zero-order valence-corrected chi connectivity index (χ0v) is 12.0. The lowest BCUT2D eigenvalue weighted by atomic mass is 10.1. The molecule has 0 aromatic rings. The van der Waals surface area contributed by atoms with E-state index in [9.17, 15) is 9.59 Å². The van der Waals surface area contributed by atoms with Gasteiger partial charge in [-0.25, -0.2) is 0 Å². The van der Waals surface area contributed by atoms with E-state index in [4.69, 9.17) is 0 Å². The maximum Gasteiger partial charge on any atom is 0.152 e. The van der Waals surface area contributed by atoms with Gasteiger partial charge in [-0.15, -0.1) is 0 Å². The molecule has 0 unspecified atom stereocenters. The van der Waals surface area contributed by atoms with Gasteiger partial charge in [0.1, 0.15) is 5.78 Å². The summed E-state index contributed by atoms with van der Waals surface area (Å²) in [5, 5.41) is 0. The van der Waals surface area contributed by atoms with Gasteiger partial charge in [0.05, 0.1) is 0 Å². The first-order chi connectivity index (χ1) is 8.18. The highest BCUT2D eigenvalue weighted by molar-refractivity contribution is 7.99. The van der Waals surface area contributed by atoms with Gasteiger partial charge in [0.25, 0.3) is 0 Å². The van der Waals surface area contributed by atoms with Crippen molar-refractivity contribution in [2.45, 2.75) is 32.6 Å². The molecule has 0 atom stereocenters. The Morgan fingerprint density at radius 3 is 1.82 bits per heavy atom. The molecule has 2 heterocycles. The van der Waals surface area contributed by atoms with Crippen molar-refractivity contribution in [3.05, 3.63) is 11.6 Å². The van der Waals surface area contributed by atoms with Crippen LogP contribution in [-0.4, -0.2) is 34.6 Å². The molecule has 2 nitrogen and oxygen atoms in total. The fraction of sp³-hybridized carbons (Fsp3) is 0.692. The number of rotatable bonds is 1. The lowest BCUT2D eigenvalue weighted by Gasteiger charge is -2.11. The standard InChI is InChI=1S/C8H12OS.C5H8OS/c1-7(9)6-8-2-4-10-5-3-8;6-5-1-3-7-4-2-5/h6H,2-5H2,1H3;1-4H2. The smallest absolute Gasteiger partial charge is 0.152 e. The van der Waals surface area contributed by atoms with E-state index >= 15 is 0 Å². The van der Waals surface area contributed by atoms with Crippen LogP contribution in [0.3, 0.4) is 0 Å². The van der Waals surface area contributed by atoms with E-state index in [2.05, 4.69) is 0 Å². The number of Topliss-reactive ketones (excluding diaryl/α,β-unsaturated/α-hetero) is 1. The molecule has 0 aromatic heterocycles. The lowest BCUT2D eigenvalue weighted by Crippen LogP contribution is -2.06. The molecule has 2 aliphatic heterocycles. The maximum absolute atomic E-state index is 10.6. The molecule has 2 rings (SSSR count). The summed E-state index contributed by atoms with van der Waals surface area (Å²) in [7, 11) is 0. The van der Waals surface area contributed by atoms with Crippen LogP contribution in [0.4, 0.5) is 0 Å². The van der Waals surface area contributed by atoms with Gasteiger partial charge in [0.15, 0.2) is 5.78 Å². The molecule has 0 amide bonds. The molecule has 2 saturated heterocycles. The predicted molar refractivity (Wildman–Crippen MR) is 76.9 cm³/mol. The van der Waals surface area contributed by atoms with Gasteiger partial charge in [-0.3, -0.25) is 9.59 Å². The third-order valence-electron chi connectivity index (χ3n) is 2.59. The molecule has 0 spiro atoms. The van der Waals surface area contributed by atoms with Crippen molar-refractivity contribution in [2.24, 2.45) is 0 Å². The first-order valence-electron chi connectivity index (χ1n) is 6.05. The molecule has 0 N–H and O–H groups in total. The van der Waals surface area contributed by atoms with Gasteiger partial charge in [0.2, 0.25) is 0 Å². The molecular weight excluding hydrogens is 252 g/mol. The second kappa shape index (κ2) is 8.81. The van der Waals surface area contributed by atoms with E-state index < -0.39 is 0 Å². The van der Waals surface area contributed by atoms with Crippen molar-refractivity contribution < 1.29 is 9.59 Å². The molecule has 2 aliphatic rings. The van der Waals surface area contributed by atoms with E-state index in [-0.39, 0.29) is 5.78 Å². The Labute approximate surface area is 112 Å². The highest BCUT2D eigenvalue weighted by Crippen LogP contribution is 2.21. The van der Waals surface area contributed by atoms with Gasteiger partial charge in [-0.2, -0.15) is 23.5 Å². The van der Waals surface area contributed by atoms with Crippen LogP contribution in [-0.2, 0) is 9.59 Å². The number of carbonyl (C=O) groups excluding carboxylic acids is 2. The van der Waals surface area contributed by atoms with Crippen molar-refractivity contribution >= 4 is 35.1 Å². The molecule has 2 fully saturated rings. The highest BCUT2D eigenvalue weighted by Gasteiger charge is 2.06. The van der Waals surface area contributed by atoms with Crippen LogP contribution in [0.15, 0.2) is 11.6 Å². The molecule has 0 aromatic carbocycles. The molecule has 0 radical (unpaired) electrons. The monoisotopic (exact) mass is 272 g/mol. The third kappa shape index (κ3) is 7.66. The van der Waals surface area contributed by atoms with Crippen LogP contribution in [0.25, 0.3) is 0 Å². The normalized spacial score (nSPS) is 20.3. The predicted octanol–water partition coefficient (Wildman–Crippen LogP) is 3.11. The van der Waals surface area contributed by atoms with Crippen LogP contribution in [0.1, 0.15) is 32.6 Å². The van der Waals surface area contributed by atoms with Gasteiger partial charge in [-0.05, 0) is 37.3 Å².